The third-order valence-corrected chi connectivity index (χ3v) is 5.60. The maximum absolute atomic E-state index is 12.3. The van der Waals surface area contributed by atoms with Gasteiger partial charge >= 0.3 is 0 Å². The second-order valence-corrected chi connectivity index (χ2v) is 7.91. The van der Waals surface area contributed by atoms with Gasteiger partial charge in [-0.05, 0) is 30.3 Å². The van der Waals surface area contributed by atoms with Gasteiger partial charge in [-0.1, -0.05) is 63.0 Å². The van der Waals surface area contributed by atoms with Crippen LogP contribution < -0.4 is 0 Å². The highest BCUT2D eigenvalue weighted by atomic mass is 79.9. The zero-order valence-electron chi connectivity index (χ0n) is 13.0. The Bertz CT molecular complexity index is 928. The van der Waals surface area contributed by atoms with Crippen LogP contribution in [0.3, 0.4) is 0 Å². The van der Waals surface area contributed by atoms with E-state index in [1.165, 1.54) is 11.8 Å². The van der Waals surface area contributed by atoms with Crippen LogP contribution in [0, 0.1) is 0 Å². The highest BCUT2D eigenvalue weighted by molar-refractivity contribution is 9.10. The number of ketones is 1. The molecule has 0 unspecified atom stereocenters. The molecule has 0 N–H and O–H groups in total. The van der Waals surface area contributed by atoms with Crippen LogP contribution in [0.4, 0.5) is 0 Å². The summed E-state index contributed by atoms with van der Waals surface area (Å²) in [5, 5.41) is 10.1. The minimum Gasteiger partial charge on any atom is -0.305 e. The van der Waals surface area contributed by atoms with Gasteiger partial charge in [0.15, 0.2) is 16.8 Å². The summed E-state index contributed by atoms with van der Waals surface area (Å²) in [5.74, 6) is 0.939. The van der Waals surface area contributed by atoms with E-state index in [4.69, 9.17) is 23.2 Å². The summed E-state index contributed by atoms with van der Waals surface area (Å²) in [4.78, 5) is 12.3. The molecule has 0 radical (unpaired) electrons. The first kappa shape index (κ1) is 18.5. The molecule has 0 saturated heterocycles. The number of rotatable bonds is 5. The van der Waals surface area contributed by atoms with Crippen molar-refractivity contribution in [2.24, 2.45) is 7.05 Å². The number of halogens is 3. The van der Waals surface area contributed by atoms with Crippen LogP contribution >= 0.6 is 50.9 Å². The van der Waals surface area contributed by atoms with E-state index in [0.29, 0.717) is 26.6 Å². The van der Waals surface area contributed by atoms with Crippen molar-refractivity contribution < 1.29 is 4.79 Å². The summed E-state index contributed by atoms with van der Waals surface area (Å²) in [6, 6.07) is 12.5. The number of thioether (sulfide) groups is 1. The number of hydrogen-bond acceptors (Lipinski definition) is 4. The molecule has 0 bridgehead atoms. The molecular weight excluding hydrogens is 445 g/mol. The monoisotopic (exact) mass is 455 g/mol. The van der Waals surface area contributed by atoms with Crippen LogP contribution in [0.25, 0.3) is 11.4 Å². The van der Waals surface area contributed by atoms with Gasteiger partial charge in [0.25, 0.3) is 0 Å². The van der Waals surface area contributed by atoms with Gasteiger partial charge in [0, 0.05) is 27.7 Å². The van der Waals surface area contributed by atoms with E-state index < -0.39 is 0 Å². The van der Waals surface area contributed by atoms with Crippen molar-refractivity contribution in [3.05, 3.63) is 62.5 Å². The van der Waals surface area contributed by atoms with Gasteiger partial charge in [0.05, 0.1) is 10.8 Å². The van der Waals surface area contributed by atoms with Gasteiger partial charge in [0.1, 0.15) is 0 Å². The number of carbonyl (C=O) groups excluding carboxylic acids is 1. The fraction of sp³-hybridized carbons (Fsp3) is 0.118. The fourth-order valence-electron chi connectivity index (χ4n) is 2.20. The lowest BCUT2D eigenvalue weighted by Crippen LogP contribution is -2.03. The molecule has 3 aromatic rings. The molecule has 128 valence electrons. The SMILES string of the molecule is Cn1c(SCC(=O)c2ccc(Br)cc2)nnc1-c1ccc(Cl)cc1Cl. The quantitative estimate of drug-likeness (QED) is 0.374. The Kier molecular flexibility index (Phi) is 5.84. The standard InChI is InChI=1S/C17H12BrCl2N3OS/c1-23-16(13-7-6-12(19)8-14(13)20)21-22-17(23)25-9-15(24)10-2-4-11(18)5-3-10/h2-8H,9H2,1H3. The van der Waals surface area contributed by atoms with Crippen molar-refractivity contribution in [1.82, 2.24) is 14.8 Å². The fourth-order valence-corrected chi connectivity index (χ4v) is 3.76. The Balaban J connectivity index is 1.75. The highest BCUT2D eigenvalue weighted by Crippen LogP contribution is 2.30. The molecule has 0 spiro atoms. The van der Waals surface area contributed by atoms with E-state index in [9.17, 15) is 4.79 Å². The maximum Gasteiger partial charge on any atom is 0.191 e. The Labute approximate surface area is 167 Å². The first-order valence-electron chi connectivity index (χ1n) is 7.22. The van der Waals surface area contributed by atoms with Crippen LogP contribution in [-0.2, 0) is 7.05 Å². The molecule has 0 fully saturated rings. The lowest BCUT2D eigenvalue weighted by Gasteiger charge is -2.06. The minimum absolute atomic E-state index is 0.0339. The molecule has 0 aliphatic rings. The van der Waals surface area contributed by atoms with Crippen molar-refractivity contribution in [3.8, 4) is 11.4 Å². The topological polar surface area (TPSA) is 47.8 Å². The van der Waals surface area contributed by atoms with Crippen LogP contribution in [0.15, 0.2) is 52.1 Å². The largest absolute Gasteiger partial charge is 0.305 e. The van der Waals surface area contributed by atoms with Crippen LogP contribution in [0.2, 0.25) is 10.0 Å². The lowest BCUT2D eigenvalue weighted by atomic mass is 10.2. The molecule has 3 rings (SSSR count). The maximum atomic E-state index is 12.3. The first-order valence-corrected chi connectivity index (χ1v) is 9.75. The molecule has 0 aliphatic carbocycles. The molecule has 1 aromatic heterocycles. The van der Waals surface area contributed by atoms with Gasteiger partial charge < -0.3 is 4.57 Å². The third kappa shape index (κ3) is 4.26. The average molecular weight is 457 g/mol. The molecule has 2 aromatic carbocycles. The van der Waals surface area contributed by atoms with Crippen LogP contribution in [0.5, 0.6) is 0 Å². The van der Waals surface area contributed by atoms with Crippen molar-refractivity contribution in [3.63, 3.8) is 0 Å². The molecule has 1 heterocycles. The van der Waals surface area contributed by atoms with E-state index >= 15 is 0 Å². The summed E-state index contributed by atoms with van der Waals surface area (Å²) in [5.41, 5.74) is 1.41. The van der Waals surface area contributed by atoms with E-state index in [1.54, 1.807) is 30.3 Å². The van der Waals surface area contributed by atoms with Gasteiger partial charge in [-0.2, -0.15) is 0 Å². The van der Waals surface area contributed by atoms with Gasteiger partial charge in [-0.15, -0.1) is 10.2 Å². The van der Waals surface area contributed by atoms with Crippen molar-refractivity contribution in [2.75, 3.05) is 5.75 Å². The zero-order chi connectivity index (χ0) is 18.0. The highest BCUT2D eigenvalue weighted by Gasteiger charge is 2.16. The Morgan fingerprint density at radius 2 is 1.88 bits per heavy atom. The zero-order valence-corrected chi connectivity index (χ0v) is 17.0. The van der Waals surface area contributed by atoms with Crippen LogP contribution in [-0.4, -0.2) is 26.3 Å². The van der Waals surface area contributed by atoms with Crippen molar-refractivity contribution >= 4 is 56.7 Å². The predicted octanol–water partition coefficient (Wildman–Crippen LogP) is 5.53. The van der Waals surface area contributed by atoms with Gasteiger partial charge in [-0.25, -0.2) is 0 Å². The van der Waals surface area contributed by atoms with E-state index in [2.05, 4.69) is 26.1 Å². The number of benzene rings is 2. The Hall–Kier alpha value is -1.34. The normalized spacial score (nSPS) is 10.9. The number of aromatic nitrogens is 3. The average Bonchev–Trinajstić information content (AvgIpc) is 2.94. The molecular formula is C17H12BrCl2N3OS. The number of hydrogen-bond donors (Lipinski definition) is 0. The Morgan fingerprint density at radius 1 is 1.16 bits per heavy atom. The summed E-state index contributed by atoms with van der Waals surface area (Å²) in [6.07, 6.45) is 0. The Morgan fingerprint density at radius 3 is 2.56 bits per heavy atom. The predicted molar refractivity (Wildman–Crippen MR) is 106 cm³/mol. The minimum atomic E-state index is 0.0339. The molecule has 0 atom stereocenters. The smallest absolute Gasteiger partial charge is 0.191 e. The number of Topliss-reactive ketones (excluding diaryl/α,β-unsaturated/α-hetero) is 1. The second kappa shape index (κ2) is 7.91. The van der Waals surface area contributed by atoms with Gasteiger partial charge in [0.2, 0.25) is 0 Å². The number of carbonyl (C=O) groups is 1. The number of nitrogens with zero attached hydrogens (tertiary/aromatic N) is 3. The molecule has 0 saturated carbocycles. The van der Waals surface area contributed by atoms with Crippen molar-refractivity contribution in [1.29, 1.82) is 0 Å². The van der Waals surface area contributed by atoms with E-state index in [-0.39, 0.29) is 11.5 Å². The van der Waals surface area contributed by atoms with Gasteiger partial charge in [-0.3, -0.25) is 4.79 Å². The molecule has 25 heavy (non-hydrogen) atoms. The molecule has 0 amide bonds. The molecule has 8 heteroatoms. The first-order chi connectivity index (χ1) is 12.0. The summed E-state index contributed by atoms with van der Waals surface area (Å²) in [6.45, 7) is 0. The second-order valence-electron chi connectivity index (χ2n) is 5.21. The lowest BCUT2D eigenvalue weighted by molar-refractivity contribution is 0.102. The van der Waals surface area contributed by atoms with Crippen LogP contribution in [0.1, 0.15) is 10.4 Å². The molecule has 4 nitrogen and oxygen atoms in total. The third-order valence-electron chi connectivity index (χ3n) is 3.51. The molecule has 0 aliphatic heterocycles. The van der Waals surface area contributed by atoms with E-state index in [0.717, 1.165) is 10.0 Å². The van der Waals surface area contributed by atoms with Crippen molar-refractivity contribution in [2.45, 2.75) is 5.16 Å². The summed E-state index contributed by atoms with van der Waals surface area (Å²) < 4.78 is 2.75. The van der Waals surface area contributed by atoms with E-state index in [1.807, 2.05) is 23.7 Å². The summed E-state index contributed by atoms with van der Waals surface area (Å²) in [7, 11) is 1.84. The summed E-state index contributed by atoms with van der Waals surface area (Å²) >= 11 is 16.9.